The number of hydrogen-bond acceptors (Lipinski definition) is 6. The van der Waals surface area contributed by atoms with Gasteiger partial charge in [-0.05, 0) is 24.3 Å². The van der Waals surface area contributed by atoms with Gasteiger partial charge in [-0.25, -0.2) is 4.98 Å². The molecule has 0 N–H and O–H groups in total. The second kappa shape index (κ2) is 6.34. The van der Waals surface area contributed by atoms with Crippen LogP contribution >= 0.6 is 0 Å². The summed E-state index contributed by atoms with van der Waals surface area (Å²) in [6.45, 7) is 0. The van der Waals surface area contributed by atoms with Gasteiger partial charge < -0.3 is 4.42 Å². The second-order valence-corrected chi connectivity index (χ2v) is 5.26. The van der Waals surface area contributed by atoms with Crippen LogP contribution in [0.25, 0.3) is 34.3 Å². The quantitative estimate of drug-likeness (QED) is 0.570. The molecule has 0 amide bonds. The zero-order valence-electron chi connectivity index (χ0n) is 13.0. The molecule has 25 heavy (non-hydrogen) atoms. The van der Waals surface area contributed by atoms with E-state index in [0.29, 0.717) is 28.7 Å². The van der Waals surface area contributed by atoms with Gasteiger partial charge in [0.15, 0.2) is 0 Å². The zero-order chi connectivity index (χ0) is 17.1. The fourth-order valence-electron chi connectivity index (χ4n) is 2.38. The molecule has 2 aromatic heterocycles. The van der Waals surface area contributed by atoms with Gasteiger partial charge in [0.1, 0.15) is 5.69 Å². The van der Waals surface area contributed by atoms with Crippen LogP contribution in [0.5, 0.6) is 0 Å². The third-order valence-electron chi connectivity index (χ3n) is 3.59. The fraction of sp³-hybridized carbons (Fsp3) is 0. The number of nitriles is 1. The molecular weight excluding hydrogens is 314 g/mol. The van der Waals surface area contributed by atoms with Crippen molar-refractivity contribution in [2.45, 2.75) is 0 Å². The average molecular weight is 325 g/mol. The van der Waals surface area contributed by atoms with E-state index in [1.165, 1.54) is 0 Å². The van der Waals surface area contributed by atoms with Gasteiger partial charge in [-0.2, -0.15) is 5.26 Å². The minimum Gasteiger partial charge on any atom is -0.415 e. The SMILES string of the molecule is N#Cc1cccc(-c2cncc(-c3nnc(-c4ccccc4)o3)n2)c1. The van der Waals surface area contributed by atoms with Crippen molar-refractivity contribution in [1.29, 1.82) is 5.26 Å². The van der Waals surface area contributed by atoms with Crippen LogP contribution in [0.2, 0.25) is 0 Å². The molecule has 2 aromatic carbocycles. The Bertz CT molecular complexity index is 1070. The zero-order valence-corrected chi connectivity index (χ0v) is 13.0. The van der Waals surface area contributed by atoms with Gasteiger partial charge >= 0.3 is 0 Å². The monoisotopic (exact) mass is 325 g/mol. The maximum atomic E-state index is 9.03. The van der Waals surface area contributed by atoms with E-state index in [-0.39, 0.29) is 0 Å². The van der Waals surface area contributed by atoms with E-state index in [9.17, 15) is 0 Å². The van der Waals surface area contributed by atoms with Crippen LogP contribution in [-0.4, -0.2) is 20.2 Å². The Morgan fingerprint density at radius 3 is 2.40 bits per heavy atom. The Kier molecular flexibility index (Phi) is 3.73. The van der Waals surface area contributed by atoms with Gasteiger partial charge in [0.05, 0.1) is 29.7 Å². The first-order chi connectivity index (χ1) is 12.3. The molecule has 0 atom stereocenters. The Hall–Kier alpha value is -3.85. The molecule has 0 aliphatic rings. The first-order valence-electron chi connectivity index (χ1n) is 7.55. The molecule has 4 aromatic rings. The highest BCUT2D eigenvalue weighted by atomic mass is 16.4. The topological polar surface area (TPSA) is 88.5 Å². The first-order valence-corrected chi connectivity index (χ1v) is 7.55. The molecule has 0 bridgehead atoms. The molecule has 0 spiro atoms. The van der Waals surface area contributed by atoms with Crippen LogP contribution in [0.15, 0.2) is 71.4 Å². The lowest BCUT2D eigenvalue weighted by Gasteiger charge is -2.02. The molecule has 2 heterocycles. The van der Waals surface area contributed by atoms with E-state index in [1.807, 2.05) is 42.5 Å². The van der Waals surface area contributed by atoms with E-state index < -0.39 is 0 Å². The highest BCUT2D eigenvalue weighted by Gasteiger charge is 2.13. The summed E-state index contributed by atoms with van der Waals surface area (Å²) in [6, 6.07) is 18.8. The smallest absolute Gasteiger partial charge is 0.268 e. The summed E-state index contributed by atoms with van der Waals surface area (Å²) < 4.78 is 5.71. The normalized spacial score (nSPS) is 10.4. The number of hydrogen-bond donors (Lipinski definition) is 0. The highest BCUT2D eigenvalue weighted by Crippen LogP contribution is 2.24. The van der Waals surface area contributed by atoms with Gasteiger partial charge in [0.25, 0.3) is 5.89 Å². The lowest BCUT2D eigenvalue weighted by molar-refractivity contribution is 0.582. The summed E-state index contributed by atoms with van der Waals surface area (Å²) in [5.74, 6) is 0.721. The van der Waals surface area contributed by atoms with Gasteiger partial charge in [0.2, 0.25) is 5.89 Å². The predicted molar refractivity (Wildman–Crippen MR) is 90.9 cm³/mol. The van der Waals surface area contributed by atoms with E-state index in [2.05, 4.69) is 26.2 Å². The van der Waals surface area contributed by atoms with Crippen molar-refractivity contribution in [2.75, 3.05) is 0 Å². The van der Waals surface area contributed by atoms with E-state index in [0.717, 1.165) is 11.1 Å². The average Bonchev–Trinajstić information content (AvgIpc) is 3.19. The molecule has 0 unspecified atom stereocenters. The van der Waals surface area contributed by atoms with E-state index >= 15 is 0 Å². The predicted octanol–water partition coefficient (Wildman–Crippen LogP) is 3.73. The third-order valence-corrected chi connectivity index (χ3v) is 3.59. The molecule has 118 valence electrons. The summed E-state index contributed by atoms with van der Waals surface area (Å²) in [4.78, 5) is 8.73. The molecule has 0 saturated heterocycles. The summed E-state index contributed by atoms with van der Waals surface area (Å²) >= 11 is 0. The summed E-state index contributed by atoms with van der Waals surface area (Å²) in [5, 5.41) is 17.2. The highest BCUT2D eigenvalue weighted by molar-refractivity contribution is 5.63. The van der Waals surface area contributed by atoms with Crippen LogP contribution in [0, 0.1) is 11.3 Å². The Morgan fingerprint density at radius 1 is 0.800 bits per heavy atom. The molecule has 0 aliphatic heterocycles. The molecule has 0 aliphatic carbocycles. The number of aromatic nitrogens is 4. The van der Waals surface area contributed by atoms with E-state index in [1.54, 1.807) is 24.5 Å². The largest absolute Gasteiger partial charge is 0.415 e. The van der Waals surface area contributed by atoms with Crippen LogP contribution in [0.4, 0.5) is 0 Å². The van der Waals surface area contributed by atoms with Gasteiger partial charge in [0, 0.05) is 11.1 Å². The lowest BCUT2D eigenvalue weighted by Crippen LogP contribution is -1.91. The molecule has 0 saturated carbocycles. The van der Waals surface area contributed by atoms with Crippen LogP contribution in [-0.2, 0) is 0 Å². The van der Waals surface area contributed by atoms with Crippen molar-refractivity contribution in [2.24, 2.45) is 0 Å². The second-order valence-electron chi connectivity index (χ2n) is 5.26. The molecule has 6 nitrogen and oxygen atoms in total. The van der Waals surface area contributed by atoms with Crippen molar-refractivity contribution in [1.82, 2.24) is 20.2 Å². The van der Waals surface area contributed by atoms with Crippen LogP contribution < -0.4 is 0 Å². The van der Waals surface area contributed by atoms with Crippen molar-refractivity contribution < 1.29 is 4.42 Å². The van der Waals surface area contributed by atoms with Crippen molar-refractivity contribution in [3.63, 3.8) is 0 Å². The van der Waals surface area contributed by atoms with Crippen LogP contribution in [0.3, 0.4) is 0 Å². The summed E-state index contributed by atoms with van der Waals surface area (Å²) in [5.41, 5.74) is 3.32. The Morgan fingerprint density at radius 2 is 1.56 bits per heavy atom. The molecule has 4 rings (SSSR count). The number of benzene rings is 2. The third kappa shape index (κ3) is 2.99. The Balaban J connectivity index is 1.71. The van der Waals surface area contributed by atoms with Crippen molar-refractivity contribution in [3.05, 3.63) is 72.6 Å². The standard InChI is InChI=1S/C19H11N5O/c20-10-13-5-4-8-15(9-13)16-11-21-12-17(22-16)19-24-23-18(25-19)14-6-2-1-3-7-14/h1-9,11-12H. The number of nitrogens with zero attached hydrogens (tertiary/aromatic N) is 5. The van der Waals surface area contributed by atoms with Gasteiger partial charge in [-0.3, -0.25) is 4.98 Å². The lowest BCUT2D eigenvalue weighted by atomic mass is 10.1. The minimum absolute atomic E-state index is 0.296. The number of rotatable bonds is 3. The molecule has 0 fully saturated rings. The summed E-state index contributed by atoms with van der Waals surface area (Å²) in [6.07, 6.45) is 3.20. The Labute approximate surface area is 143 Å². The fourth-order valence-corrected chi connectivity index (χ4v) is 2.38. The first kappa shape index (κ1) is 14.7. The van der Waals surface area contributed by atoms with Gasteiger partial charge in [-0.1, -0.05) is 30.3 Å². The summed E-state index contributed by atoms with van der Waals surface area (Å²) in [7, 11) is 0. The van der Waals surface area contributed by atoms with Crippen molar-refractivity contribution in [3.8, 4) is 40.4 Å². The van der Waals surface area contributed by atoms with E-state index in [4.69, 9.17) is 9.68 Å². The minimum atomic E-state index is 0.296. The van der Waals surface area contributed by atoms with Crippen molar-refractivity contribution >= 4 is 0 Å². The van der Waals surface area contributed by atoms with Crippen LogP contribution in [0.1, 0.15) is 5.56 Å². The maximum Gasteiger partial charge on any atom is 0.268 e. The molecule has 6 heteroatoms. The molecule has 0 radical (unpaired) electrons. The molecular formula is C19H11N5O. The maximum absolute atomic E-state index is 9.03. The van der Waals surface area contributed by atoms with Gasteiger partial charge in [-0.15, -0.1) is 10.2 Å².